The van der Waals surface area contributed by atoms with E-state index in [2.05, 4.69) is 44.4 Å². The van der Waals surface area contributed by atoms with Crippen LogP contribution in [0.15, 0.2) is 41.7 Å². The minimum absolute atomic E-state index is 0. The topological polar surface area (TPSA) is 70.8 Å². The van der Waals surface area contributed by atoms with Gasteiger partial charge in [0, 0.05) is 44.5 Å². The zero-order valence-corrected chi connectivity index (χ0v) is 19.2. The Bertz CT molecular complexity index is 776. The molecule has 1 aromatic heterocycles. The van der Waals surface area contributed by atoms with Crippen LogP contribution in [0.2, 0.25) is 0 Å². The minimum atomic E-state index is 0. The third-order valence-electron chi connectivity index (χ3n) is 5.38. The second-order valence-corrected chi connectivity index (χ2v) is 7.16. The summed E-state index contributed by atoms with van der Waals surface area (Å²) in [7, 11) is 0. The monoisotopic (exact) mass is 511 g/mol. The molecule has 0 radical (unpaired) electrons. The molecule has 3 heterocycles. The Morgan fingerprint density at radius 1 is 1.21 bits per heavy atom. The Kier molecular flexibility index (Phi) is 8.25. The molecule has 2 fully saturated rings. The van der Waals surface area contributed by atoms with Gasteiger partial charge in [-0.3, -0.25) is 9.47 Å². The van der Waals surface area contributed by atoms with Gasteiger partial charge in [-0.05, 0) is 25.5 Å². The summed E-state index contributed by atoms with van der Waals surface area (Å²) in [4.78, 5) is 9.79. The number of rotatable bonds is 5. The average molecular weight is 511 g/mol. The lowest BCUT2D eigenvalue weighted by molar-refractivity contribution is 0.0195. The first-order valence-corrected chi connectivity index (χ1v) is 10.1. The van der Waals surface area contributed by atoms with Gasteiger partial charge in [-0.1, -0.05) is 18.2 Å². The standard InChI is InChI=1S/C20H29N7O.HI/c1-2-21-20(26-9-8-18(15-26)25-10-12-28-13-11-25)22-14-19-24-23-16-27(19)17-6-4-3-5-7-17;/h3-7,16,18H,2,8-15H2,1H3,(H,21,22);1H. The van der Waals surface area contributed by atoms with Crippen molar-refractivity contribution in [3.05, 3.63) is 42.5 Å². The van der Waals surface area contributed by atoms with Crippen molar-refractivity contribution in [2.75, 3.05) is 45.9 Å². The van der Waals surface area contributed by atoms with Crippen molar-refractivity contribution in [2.45, 2.75) is 25.9 Å². The number of guanidine groups is 1. The van der Waals surface area contributed by atoms with Gasteiger partial charge in [0.15, 0.2) is 11.8 Å². The molecule has 9 heteroatoms. The third-order valence-corrected chi connectivity index (χ3v) is 5.38. The van der Waals surface area contributed by atoms with Crippen molar-refractivity contribution in [2.24, 2.45) is 4.99 Å². The number of ether oxygens (including phenoxy) is 1. The molecule has 1 unspecified atom stereocenters. The number of aromatic nitrogens is 3. The maximum absolute atomic E-state index is 5.49. The molecule has 2 saturated heterocycles. The summed E-state index contributed by atoms with van der Waals surface area (Å²) in [5.41, 5.74) is 1.05. The van der Waals surface area contributed by atoms with Gasteiger partial charge in [-0.25, -0.2) is 4.99 Å². The van der Waals surface area contributed by atoms with Crippen molar-refractivity contribution < 1.29 is 4.74 Å². The predicted molar refractivity (Wildman–Crippen MR) is 124 cm³/mol. The maximum atomic E-state index is 5.49. The van der Waals surface area contributed by atoms with Crippen LogP contribution in [0.5, 0.6) is 0 Å². The van der Waals surface area contributed by atoms with Crippen molar-refractivity contribution in [3.63, 3.8) is 0 Å². The number of likely N-dealkylation sites (tertiary alicyclic amines) is 1. The molecule has 29 heavy (non-hydrogen) atoms. The molecule has 0 bridgehead atoms. The van der Waals surface area contributed by atoms with Gasteiger partial charge in [0.25, 0.3) is 0 Å². The first-order chi connectivity index (χ1) is 13.8. The van der Waals surface area contributed by atoms with Crippen molar-refractivity contribution in [3.8, 4) is 5.69 Å². The van der Waals surface area contributed by atoms with Gasteiger partial charge in [-0.2, -0.15) is 0 Å². The number of para-hydroxylation sites is 1. The Balaban J connectivity index is 0.00000240. The second-order valence-electron chi connectivity index (χ2n) is 7.16. The third kappa shape index (κ3) is 5.46. The number of hydrogen-bond acceptors (Lipinski definition) is 5. The summed E-state index contributed by atoms with van der Waals surface area (Å²) in [5.74, 6) is 1.80. The lowest BCUT2D eigenvalue weighted by atomic mass is 10.2. The van der Waals surface area contributed by atoms with Crippen LogP contribution in [0.1, 0.15) is 19.2 Å². The summed E-state index contributed by atoms with van der Waals surface area (Å²) in [6.07, 6.45) is 2.92. The number of benzene rings is 1. The lowest BCUT2D eigenvalue weighted by Gasteiger charge is -2.32. The van der Waals surface area contributed by atoms with Gasteiger partial charge in [0.2, 0.25) is 0 Å². The number of nitrogens with zero attached hydrogens (tertiary/aromatic N) is 6. The molecule has 4 rings (SSSR count). The molecule has 0 aliphatic carbocycles. The molecule has 2 aliphatic rings. The molecule has 0 amide bonds. The average Bonchev–Trinajstić information content (AvgIpc) is 3.42. The number of hydrogen-bond donors (Lipinski definition) is 1. The molecule has 2 aromatic rings. The van der Waals surface area contributed by atoms with E-state index < -0.39 is 0 Å². The van der Waals surface area contributed by atoms with Crippen LogP contribution < -0.4 is 5.32 Å². The Hall–Kier alpha value is -1.72. The molecule has 1 N–H and O–H groups in total. The molecule has 8 nitrogen and oxygen atoms in total. The van der Waals surface area contributed by atoms with Crippen LogP contribution in [0.4, 0.5) is 0 Å². The maximum Gasteiger partial charge on any atom is 0.194 e. The number of nitrogens with one attached hydrogen (secondary N) is 1. The van der Waals surface area contributed by atoms with E-state index in [0.29, 0.717) is 12.6 Å². The smallest absolute Gasteiger partial charge is 0.194 e. The predicted octanol–water partition coefficient (Wildman–Crippen LogP) is 1.76. The van der Waals surface area contributed by atoms with Gasteiger partial charge in [-0.15, -0.1) is 34.2 Å². The highest BCUT2D eigenvalue weighted by Crippen LogP contribution is 2.17. The van der Waals surface area contributed by atoms with E-state index in [1.165, 1.54) is 6.42 Å². The zero-order chi connectivity index (χ0) is 19.2. The van der Waals surface area contributed by atoms with E-state index in [1.54, 1.807) is 6.33 Å². The van der Waals surface area contributed by atoms with E-state index in [9.17, 15) is 0 Å². The molecule has 0 saturated carbocycles. The molecule has 1 atom stereocenters. The number of aliphatic imine (C=N–C) groups is 1. The van der Waals surface area contributed by atoms with E-state index in [-0.39, 0.29) is 24.0 Å². The van der Waals surface area contributed by atoms with Gasteiger partial charge >= 0.3 is 0 Å². The van der Waals surface area contributed by atoms with Crippen LogP contribution in [0, 0.1) is 0 Å². The van der Waals surface area contributed by atoms with Gasteiger partial charge < -0.3 is 15.0 Å². The van der Waals surface area contributed by atoms with Gasteiger partial charge in [0.1, 0.15) is 12.9 Å². The Morgan fingerprint density at radius 3 is 2.76 bits per heavy atom. The second kappa shape index (κ2) is 10.9. The lowest BCUT2D eigenvalue weighted by Crippen LogP contribution is -2.46. The first kappa shape index (κ1) is 22.0. The fraction of sp³-hybridized carbons (Fsp3) is 0.550. The van der Waals surface area contributed by atoms with Crippen LogP contribution in [-0.4, -0.2) is 82.5 Å². The molecule has 1 aromatic carbocycles. The van der Waals surface area contributed by atoms with Crippen LogP contribution in [0.25, 0.3) is 5.69 Å². The quantitative estimate of drug-likeness (QED) is 0.375. The van der Waals surface area contributed by atoms with Crippen molar-refractivity contribution in [1.29, 1.82) is 0 Å². The highest BCUT2D eigenvalue weighted by molar-refractivity contribution is 14.0. The van der Waals surface area contributed by atoms with E-state index >= 15 is 0 Å². The minimum Gasteiger partial charge on any atom is -0.379 e. The largest absolute Gasteiger partial charge is 0.379 e. The summed E-state index contributed by atoms with van der Waals surface area (Å²) in [5, 5.41) is 11.8. The molecule has 2 aliphatic heterocycles. The Labute approximate surface area is 189 Å². The molecule has 158 valence electrons. The van der Waals surface area contributed by atoms with E-state index in [1.807, 2.05) is 22.8 Å². The van der Waals surface area contributed by atoms with Gasteiger partial charge in [0.05, 0.1) is 13.2 Å². The fourth-order valence-corrected chi connectivity index (χ4v) is 3.92. The van der Waals surface area contributed by atoms with E-state index in [0.717, 1.165) is 63.4 Å². The normalized spacial score (nSPS) is 20.5. The zero-order valence-electron chi connectivity index (χ0n) is 16.9. The highest BCUT2D eigenvalue weighted by Gasteiger charge is 2.30. The number of morpholine rings is 1. The molecular weight excluding hydrogens is 481 g/mol. The summed E-state index contributed by atoms with van der Waals surface area (Å²) in [6.45, 7) is 9.26. The fourth-order valence-electron chi connectivity index (χ4n) is 3.92. The number of halogens is 1. The summed E-state index contributed by atoms with van der Waals surface area (Å²) < 4.78 is 7.49. The van der Waals surface area contributed by atoms with Crippen molar-refractivity contribution >= 4 is 29.9 Å². The van der Waals surface area contributed by atoms with E-state index in [4.69, 9.17) is 9.73 Å². The van der Waals surface area contributed by atoms with Crippen molar-refractivity contribution in [1.82, 2.24) is 29.9 Å². The highest BCUT2D eigenvalue weighted by atomic mass is 127. The summed E-state index contributed by atoms with van der Waals surface area (Å²) >= 11 is 0. The van der Waals surface area contributed by atoms with Crippen LogP contribution in [-0.2, 0) is 11.3 Å². The first-order valence-electron chi connectivity index (χ1n) is 10.1. The SMILES string of the molecule is CCNC(=NCc1nncn1-c1ccccc1)N1CCC(N2CCOCC2)C1.I. The van der Waals surface area contributed by atoms with Crippen LogP contribution in [0.3, 0.4) is 0 Å². The molecule has 0 spiro atoms. The Morgan fingerprint density at radius 2 is 2.00 bits per heavy atom. The van der Waals surface area contributed by atoms with Crippen LogP contribution >= 0.6 is 24.0 Å². The summed E-state index contributed by atoms with van der Waals surface area (Å²) in [6, 6.07) is 10.7. The molecular formula is C20H30IN7O.